The first-order valence-electron chi connectivity index (χ1n) is 22.7. The average molecular weight is 839 g/mol. The van der Waals surface area contributed by atoms with Crippen molar-refractivity contribution in [3.05, 3.63) is 229 Å². The lowest BCUT2D eigenvalue weighted by Crippen LogP contribution is -2.25. The Labute approximate surface area is 377 Å². The zero-order chi connectivity index (χ0) is 42.8. The van der Waals surface area contributed by atoms with E-state index in [1.165, 1.54) is 82.6 Å². The number of hydrogen-bond acceptors (Lipinski definition) is 3. The van der Waals surface area contributed by atoms with E-state index in [2.05, 4.69) is 182 Å². The second kappa shape index (κ2) is 12.3. The number of rotatable bonds is 2. The van der Waals surface area contributed by atoms with Crippen molar-refractivity contribution >= 4 is 87.4 Å². The smallest absolute Gasteiger partial charge is 0.136 e. The minimum Gasteiger partial charge on any atom is -0.456 e. The van der Waals surface area contributed by atoms with Crippen molar-refractivity contribution in [3.63, 3.8) is 0 Å². The van der Waals surface area contributed by atoms with E-state index in [9.17, 15) is 0 Å². The first-order chi connectivity index (χ1) is 32.7. The molecule has 0 radical (unpaired) electrons. The quantitative estimate of drug-likeness (QED) is 0.163. The van der Waals surface area contributed by atoms with Gasteiger partial charge in [-0.1, -0.05) is 158 Å². The van der Waals surface area contributed by atoms with Crippen molar-refractivity contribution in [3.8, 4) is 44.5 Å². The van der Waals surface area contributed by atoms with Crippen LogP contribution in [0.2, 0.25) is 0 Å². The Morgan fingerprint density at radius 2 is 0.667 bits per heavy atom. The van der Waals surface area contributed by atoms with E-state index in [-0.39, 0.29) is 0 Å². The van der Waals surface area contributed by atoms with Crippen LogP contribution in [-0.2, 0) is 5.41 Å². The maximum absolute atomic E-state index is 6.97. The molecular weight excluding hydrogens is 805 g/mol. The van der Waals surface area contributed by atoms with E-state index in [1.807, 2.05) is 24.3 Å². The van der Waals surface area contributed by atoms with Gasteiger partial charge in [0.05, 0.1) is 5.41 Å². The largest absolute Gasteiger partial charge is 0.456 e. The van der Waals surface area contributed by atoms with Crippen LogP contribution in [0.1, 0.15) is 22.3 Å². The molecule has 0 amide bonds. The Hall–Kier alpha value is -8.66. The fraction of sp³-hybridized carbons (Fsp3) is 0.0159. The second-order valence-electron chi connectivity index (χ2n) is 18.1. The molecule has 0 bridgehead atoms. The van der Waals surface area contributed by atoms with E-state index >= 15 is 0 Å². The summed E-state index contributed by atoms with van der Waals surface area (Å²) >= 11 is 0. The van der Waals surface area contributed by atoms with Crippen LogP contribution in [0.15, 0.2) is 220 Å². The number of furan rings is 3. The fourth-order valence-corrected chi connectivity index (χ4v) is 12.6. The van der Waals surface area contributed by atoms with Gasteiger partial charge in [0.25, 0.3) is 0 Å². The maximum Gasteiger partial charge on any atom is 0.136 e. The molecule has 11 aromatic carbocycles. The van der Waals surface area contributed by atoms with E-state index in [0.717, 1.165) is 71.6 Å². The molecule has 3 nitrogen and oxygen atoms in total. The van der Waals surface area contributed by atoms with Gasteiger partial charge < -0.3 is 13.3 Å². The van der Waals surface area contributed by atoms with Gasteiger partial charge in [-0.15, -0.1) is 0 Å². The molecule has 14 aromatic rings. The molecule has 0 atom stereocenters. The Balaban J connectivity index is 0.921. The summed E-state index contributed by atoms with van der Waals surface area (Å²) < 4.78 is 19.8. The van der Waals surface area contributed by atoms with Crippen LogP contribution in [0.4, 0.5) is 0 Å². The monoisotopic (exact) mass is 838 g/mol. The third-order valence-corrected chi connectivity index (χ3v) is 15.1. The molecule has 2 aliphatic carbocycles. The van der Waals surface area contributed by atoms with E-state index in [1.54, 1.807) is 0 Å². The van der Waals surface area contributed by atoms with Gasteiger partial charge in [0.15, 0.2) is 0 Å². The van der Waals surface area contributed by atoms with Crippen LogP contribution in [0.5, 0.6) is 0 Å². The summed E-state index contributed by atoms with van der Waals surface area (Å²) in [6.07, 6.45) is 0. The molecule has 16 rings (SSSR count). The van der Waals surface area contributed by atoms with Gasteiger partial charge in [-0.3, -0.25) is 0 Å². The first-order valence-corrected chi connectivity index (χ1v) is 22.7. The van der Waals surface area contributed by atoms with Crippen LogP contribution in [0.25, 0.3) is 132 Å². The van der Waals surface area contributed by atoms with Gasteiger partial charge in [0, 0.05) is 32.3 Å². The van der Waals surface area contributed by atoms with Gasteiger partial charge in [-0.2, -0.15) is 0 Å². The number of para-hydroxylation sites is 1. The average Bonchev–Trinajstić information content (AvgIpc) is 4.17. The van der Waals surface area contributed by atoms with Crippen molar-refractivity contribution in [2.75, 3.05) is 0 Å². The molecule has 1 spiro atoms. The van der Waals surface area contributed by atoms with Crippen LogP contribution in [-0.4, -0.2) is 0 Å². The van der Waals surface area contributed by atoms with Crippen molar-refractivity contribution in [2.24, 2.45) is 0 Å². The van der Waals surface area contributed by atoms with Crippen LogP contribution in [0.3, 0.4) is 0 Å². The topological polar surface area (TPSA) is 39.4 Å². The van der Waals surface area contributed by atoms with Crippen LogP contribution in [0, 0.1) is 0 Å². The lowest BCUT2D eigenvalue weighted by atomic mass is 9.70. The van der Waals surface area contributed by atoms with Gasteiger partial charge in [-0.25, -0.2) is 0 Å². The van der Waals surface area contributed by atoms with Gasteiger partial charge in [0.2, 0.25) is 0 Å². The third-order valence-electron chi connectivity index (χ3n) is 15.1. The minimum atomic E-state index is -0.411. The third kappa shape index (κ3) is 4.20. The molecule has 2 aliphatic rings. The highest BCUT2D eigenvalue weighted by Crippen LogP contribution is 2.64. The molecule has 3 heterocycles. The Kier molecular flexibility index (Phi) is 6.49. The lowest BCUT2D eigenvalue weighted by Gasteiger charge is -2.30. The number of fused-ring (bicyclic) bond motifs is 23. The number of hydrogen-bond donors (Lipinski definition) is 0. The van der Waals surface area contributed by atoms with Gasteiger partial charge >= 0.3 is 0 Å². The molecule has 3 aromatic heterocycles. The van der Waals surface area contributed by atoms with Gasteiger partial charge in [-0.05, 0) is 137 Å². The molecule has 0 fully saturated rings. The summed E-state index contributed by atoms with van der Waals surface area (Å²) in [5, 5.41) is 11.4. The molecule has 304 valence electrons. The predicted octanol–water partition coefficient (Wildman–Crippen LogP) is 17.4. The molecule has 0 N–H and O–H groups in total. The van der Waals surface area contributed by atoms with Crippen molar-refractivity contribution in [1.29, 1.82) is 0 Å². The highest BCUT2D eigenvalue weighted by atomic mass is 16.3. The fourth-order valence-electron chi connectivity index (χ4n) is 12.6. The van der Waals surface area contributed by atoms with E-state index in [4.69, 9.17) is 13.3 Å². The SMILES string of the molecule is c1ccc2c(c1)-c1ccccc1C21c2ccccc2-c2c1ccc1oc3cc(-c4c5ccccc5c(-c5ccc6oc7ccc8oc9ccccc9c8c7c6c5)c5ccccc45)ccc3c21. The summed E-state index contributed by atoms with van der Waals surface area (Å²) in [4.78, 5) is 0. The lowest BCUT2D eigenvalue weighted by molar-refractivity contribution is 0.663. The van der Waals surface area contributed by atoms with E-state index < -0.39 is 5.41 Å². The zero-order valence-corrected chi connectivity index (χ0v) is 35.4. The molecule has 66 heavy (non-hydrogen) atoms. The van der Waals surface area contributed by atoms with Crippen molar-refractivity contribution in [1.82, 2.24) is 0 Å². The minimum absolute atomic E-state index is 0.411. The Morgan fingerprint density at radius 3 is 1.32 bits per heavy atom. The molecule has 0 aliphatic heterocycles. The van der Waals surface area contributed by atoms with Crippen molar-refractivity contribution in [2.45, 2.75) is 5.41 Å². The Morgan fingerprint density at radius 1 is 0.242 bits per heavy atom. The van der Waals surface area contributed by atoms with Gasteiger partial charge in [0.1, 0.15) is 33.5 Å². The second-order valence-corrected chi connectivity index (χ2v) is 18.1. The Bertz CT molecular complexity index is 4370. The summed E-state index contributed by atoms with van der Waals surface area (Å²) in [6, 6.07) is 75.2. The summed E-state index contributed by atoms with van der Waals surface area (Å²) in [5.74, 6) is 0. The van der Waals surface area contributed by atoms with Crippen molar-refractivity contribution < 1.29 is 13.3 Å². The summed E-state index contributed by atoms with van der Waals surface area (Å²) in [6.45, 7) is 0. The molecule has 0 saturated carbocycles. The predicted molar refractivity (Wildman–Crippen MR) is 270 cm³/mol. The normalized spacial score (nSPS) is 13.6. The summed E-state index contributed by atoms with van der Waals surface area (Å²) in [7, 11) is 0. The molecular formula is C63H34O3. The molecule has 0 unspecified atom stereocenters. The first kappa shape index (κ1) is 34.8. The maximum atomic E-state index is 6.97. The standard InChI is InChI=1S/C63H34O3/c1-3-17-41-39(15-1)57(35-26-29-52-46(33-35)62-55(65-52)32-31-54-61(62)44-20-8-12-24-51(44)64-54)40-16-2-4-18-42(40)58(41)36-25-27-45-56(34-36)66-53-30-28-50-59(60(45)53)43-19-7-11-23-49(43)63(50)47-21-9-5-13-37(47)38-14-6-10-22-48(38)63/h1-34H. The molecule has 3 heteroatoms. The zero-order valence-electron chi connectivity index (χ0n) is 35.4. The highest BCUT2D eigenvalue weighted by molar-refractivity contribution is 6.27. The van der Waals surface area contributed by atoms with Crippen LogP contribution < -0.4 is 0 Å². The summed E-state index contributed by atoms with van der Waals surface area (Å²) in [5.41, 5.74) is 20.0. The molecule has 0 saturated heterocycles. The highest BCUT2D eigenvalue weighted by Gasteiger charge is 2.52. The van der Waals surface area contributed by atoms with E-state index in [0.29, 0.717) is 0 Å². The number of benzene rings is 11. The van der Waals surface area contributed by atoms with Crippen LogP contribution >= 0.6 is 0 Å².